The Balaban J connectivity index is 1.78. The van der Waals surface area contributed by atoms with Crippen molar-refractivity contribution in [2.75, 3.05) is 20.7 Å². The number of likely N-dealkylation sites (N-methyl/N-ethyl adjacent to an activating group) is 1. The summed E-state index contributed by atoms with van der Waals surface area (Å²) in [6.45, 7) is 0.0488. The van der Waals surface area contributed by atoms with Gasteiger partial charge in [0.15, 0.2) is 0 Å². The minimum Gasteiger partial charge on any atom is -0.468 e. The van der Waals surface area contributed by atoms with Crippen molar-refractivity contribution in [3.63, 3.8) is 0 Å². The largest absolute Gasteiger partial charge is 0.468 e. The molecule has 1 N–H and O–H groups in total. The Hall–Kier alpha value is -1.10. The van der Waals surface area contributed by atoms with Gasteiger partial charge in [-0.2, -0.15) is 0 Å². The van der Waals surface area contributed by atoms with E-state index in [9.17, 15) is 9.59 Å². The molecule has 102 valence electrons. The van der Waals surface area contributed by atoms with E-state index in [1.54, 1.807) is 7.05 Å². The number of methoxy groups -OCH3 is 1. The first-order chi connectivity index (χ1) is 8.58. The summed E-state index contributed by atoms with van der Waals surface area (Å²) in [4.78, 5) is 24.6. The number of amides is 1. The Bertz CT molecular complexity index is 320. The molecule has 2 rings (SSSR count). The second kappa shape index (κ2) is 5.69. The van der Waals surface area contributed by atoms with Crippen molar-refractivity contribution in [1.29, 1.82) is 0 Å². The molecule has 18 heavy (non-hydrogen) atoms. The molecule has 2 aliphatic heterocycles. The van der Waals surface area contributed by atoms with Crippen molar-refractivity contribution < 1.29 is 14.3 Å². The number of esters is 1. The van der Waals surface area contributed by atoms with Crippen LogP contribution in [0.2, 0.25) is 0 Å². The maximum absolute atomic E-state index is 12.0. The number of hydrogen-bond donors (Lipinski definition) is 1. The average Bonchev–Trinajstić information content (AvgIpc) is 2.68. The van der Waals surface area contributed by atoms with Crippen LogP contribution in [0.25, 0.3) is 0 Å². The van der Waals surface area contributed by atoms with Crippen LogP contribution in [-0.4, -0.2) is 49.6 Å². The van der Waals surface area contributed by atoms with E-state index in [0.717, 1.165) is 12.8 Å². The van der Waals surface area contributed by atoms with Crippen molar-refractivity contribution in [1.82, 2.24) is 10.2 Å². The van der Waals surface area contributed by atoms with Crippen LogP contribution in [0.4, 0.5) is 0 Å². The number of carbonyl (C=O) groups excluding carboxylic acids is 2. The van der Waals surface area contributed by atoms with E-state index in [0.29, 0.717) is 24.4 Å². The predicted octanol–water partition coefficient (Wildman–Crippen LogP) is 0.539. The van der Waals surface area contributed by atoms with Gasteiger partial charge in [0.05, 0.1) is 7.11 Å². The molecule has 0 spiro atoms. The minimum atomic E-state index is -0.365. The third kappa shape index (κ3) is 3.22. The van der Waals surface area contributed by atoms with Gasteiger partial charge in [-0.15, -0.1) is 0 Å². The highest BCUT2D eigenvalue weighted by Crippen LogP contribution is 2.32. The molecular formula is C13H22N2O3. The second-order valence-electron chi connectivity index (χ2n) is 5.51. The number of nitrogens with zero attached hydrogens (tertiary/aromatic N) is 1. The quantitative estimate of drug-likeness (QED) is 0.744. The van der Waals surface area contributed by atoms with E-state index in [-0.39, 0.29) is 18.4 Å². The van der Waals surface area contributed by atoms with Gasteiger partial charge in [0.25, 0.3) is 0 Å². The number of nitrogens with one attached hydrogen (secondary N) is 1. The summed E-state index contributed by atoms with van der Waals surface area (Å²) in [5.41, 5.74) is 0. The lowest BCUT2D eigenvalue weighted by Gasteiger charge is -2.29. The highest BCUT2D eigenvalue weighted by Gasteiger charge is 2.34. The van der Waals surface area contributed by atoms with Gasteiger partial charge in [-0.1, -0.05) is 0 Å². The smallest absolute Gasteiger partial charge is 0.325 e. The number of ether oxygens (including phenoxy) is 1. The zero-order valence-corrected chi connectivity index (χ0v) is 11.1. The van der Waals surface area contributed by atoms with Crippen LogP contribution in [0, 0.1) is 5.92 Å². The Kier molecular flexibility index (Phi) is 4.22. The first-order valence-corrected chi connectivity index (χ1v) is 6.65. The Morgan fingerprint density at radius 2 is 1.89 bits per heavy atom. The van der Waals surface area contributed by atoms with Gasteiger partial charge in [0.2, 0.25) is 5.91 Å². The topological polar surface area (TPSA) is 58.6 Å². The summed E-state index contributed by atoms with van der Waals surface area (Å²) in [5, 5.41) is 3.57. The van der Waals surface area contributed by atoms with Gasteiger partial charge >= 0.3 is 5.97 Å². The fraction of sp³-hybridized carbons (Fsp3) is 0.846. The number of carbonyl (C=O) groups is 2. The van der Waals surface area contributed by atoms with E-state index >= 15 is 0 Å². The molecule has 2 bridgehead atoms. The summed E-state index contributed by atoms with van der Waals surface area (Å²) < 4.78 is 4.56. The Labute approximate surface area is 108 Å². The average molecular weight is 254 g/mol. The van der Waals surface area contributed by atoms with Crippen molar-refractivity contribution in [3.8, 4) is 0 Å². The summed E-state index contributed by atoms with van der Waals surface area (Å²) in [7, 11) is 3.00. The van der Waals surface area contributed by atoms with Crippen LogP contribution in [0.5, 0.6) is 0 Å². The third-order valence-corrected chi connectivity index (χ3v) is 4.05. The van der Waals surface area contributed by atoms with E-state index in [1.807, 2.05) is 0 Å². The van der Waals surface area contributed by atoms with Crippen LogP contribution < -0.4 is 5.32 Å². The summed E-state index contributed by atoms with van der Waals surface area (Å²) >= 11 is 0. The molecule has 2 fully saturated rings. The predicted molar refractivity (Wildman–Crippen MR) is 66.9 cm³/mol. The van der Waals surface area contributed by atoms with Crippen LogP contribution in [0.1, 0.15) is 32.1 Å². The molecule has 2 saturated heterocycles. The third-order valence-electron chi connectivity index (χ3n) is 4.05. The maximum atomic E-state index is 12.0. The fourth-order valence-electron chi connectivity index (χ4n) is 3.09. The molecule has 0 radical (unpaired) electrons. The summed E-state index contributed by atoms with van der Waals surface area (Å²) in [6.07, 6.45) is 5.23. The van der Waals surface area contributed by atoms with E-state index in [4.69, 9.17) is 0 Å². The first-order valence-electron chi connectivity index (χ1n) is 6.65. The minimum absolute atomic E-state index is 0.0479. The van der Waals surface area contributed by atoms with Gasteiger partial charge in [-0.25, -0.2) is 0 Å². The molecule has 0 aliphatic carbocycles. The van der Waals surface area contributed by atoms with Crippen LogP contribution in [0.15, 0.2) is 0 Å². The second-order valence-corrected chi connectivity index (χ2v) is 5.51. The maximum Gasteiger partial charge on any atom is 0.325 e. The van der Waals surface area contributed by atoms with E-state index in [2.05, 4.69) is 10.1 Å². The van der Waals surface area contributed by atoms with Crippen molar-refractivity contribution in [2.45, 2.75) is 44.2 Å². The Morgan fingerprint density at radius 1 is 1.28 bits per heavy atom. The lowest BCUT2D eigenvalue weighted by molar-refractivity contribution is -0.146. The van der Waals surface area contributed by atoms with E-state index in [1.165, 1.54) is 24.9 Å². The zero-order valence-electron chi connectivity index (χ0n) is 11.1. The van der Waals surface area contributed by atoms with Gasteiger partial charge in [-0.3, -0.25) is 9.59 Å². The summed E-state index contributed by atoms with van der Waals surface area (Å²) in [6, 6.07) is 1.21. The van der Waals surface area contributed by atoms with Gasteiger partial charge < -0.3 is 15.0 Å². The normalized spacial score (nSPS) is 30.0. The molecular weight excluding hydrogens is 232 g/mol. The number of piperidine rings is 1. The molecule has 2 atom stereocenters. The SMILES string of the molecule is COC(=O)CN(C)C(=O)CC1CC2CCC(C1)N2. The standard InChI is InChI=1S/C13H22N2O3/c1-15(8-13(17)18-2)12(16)7-9-5-10-3-4-11(6-9)14-10/h9-11,14H,3-8H2,1-2H3. The number of fused-ring (bicyclic) bond motifs is 2. The molecule has 2 aliphatic rings. The molecule has 5 nitrogen and oxygen atoms in total. The highest BCUT2D eigenvalue weighted by atomic mass is 16.5. The molecule has 0 aromatic carbocycles. The fourth-order valence-corrected chi connectivity index (χ4v) is 3.09. The van der Waals surface area contributed by atoms with Crippen LogP contribution in [-0.2, 0) is 14.3 Å². The lowest BCUT2D eigenvalue weighted by atomic mass is 9.89. The molecule has 2 unspecified atom stereocenters. The molecule has 0 saturated carbocycles. The highest BCUT2D eigenvalue weighted by molar-refractivity contribution is 5.81. The molecule has 0 aromatic heterocycles. The zero-order chi connectivity index (χ0) is 13.1. The number of rotatable bonds is 4. The lowest BCUT2D eigenvalue weighted by Crippen LogP contribution is -2.40. The van der Waals surface area contributed by atoms with Gasteiger partial charge in [0.1, 0.15) is 6.54 Å². The Morgan fingerprint density at radius 3 is 2.44 bits per heavy atom. The molecule has 5 heteroatoms. The number of hydrogen-bond acceptors (Lipinski definition) is 4. The van der Waals surface area contributed by atoms with Crippen molar-refractivity contribution in [2.24, 2.45) is 5.92 Å². The van der Waals surface area contributed by atoms with Crippen molar-refractivity contribution >= 4 is 11.9 Å². The molecule has 1 amide bonds. The monoisotopic (exact) mass is 254 g/mol. The van der Waals surface area contributed by atoms with Crippen LogP contribution in [0.3, 0.4) is 0 Å². The molecule has 0 aromatic rings. The van der Waals surface area contributed by atoms with E-state index < -0.39 is 0 Å². The molecule has 2 heterocycles. The van der Waals surface area contributed by atoms with Gasteiger partial charge in [-0.05, 0) is 31.6 Å². The van der Waals surface area contributed by atoms with Gasteiger partial charge in [0, 0.05) is 25.6 Å². The van der Waals surface area contributed by atoms with Crippen LogP contribution >= 0.6 is 0 Å². The summed E-state index contributed by atoms with van der Waals surface area (Å²) in [5.74, 6) is 0.152. The van der Waals surface area contributed by atoms with Crippen molar-refractivity contribution in [3.05, 3.63) is 0 Å². The first kappa shape index (κ1) is 13.3.